The Bertz CT molecular complexity index is 516. The van der Waals surface area contributed by atoms with Crippen LogP contribution in [-0.2, 0) is 4.74 Å². The Morgan fingerprint density at radius 1 is 1.33 bits per heavy atom. The van der Waals surface area contributed by atoms with Crippen molar-refractivity contribution in [1.82, 2.24) is 4.90 Å². The van der Waals surface area contributed by atoms with Gasteiger partial charge in [0.05, 0.1) is 11.7 Å². The van der Waals surface area contributed by atoms with E-state index in [9.17, 15) is 18.7 Å². The maximum Gasteiger partial charge on any atom is 0.410 e. The van der Waals surface area contributed by atoms with Crippen molar-refractivity contribution < 1.29 is 23.4 Å². The largest absolute Gasteiger partial charge is 0.444 e. The summed E-state index contributed by atoms with van der Waals surface area (Å²) in [5, 5.41) is 10.1. The van der Waals surface area contributed by atoms with Crippen LogP contribution in [0.15, 0.2) is 18.2 Å². The predicted molar refractivity (Wildman–Crippen MR) is 72.6 cm³/mol. The highest BCUT2D eigenvalue weighted by atomic mass is 19.1. The zero-order chi connectivity index (χ0) is 15.8. The van der Waals surface area contributed by atoms with Crippen molar-refractivity contribution in [2.75, 3.05) is 13.1 Å². The van der Waals surface area contributed by atoms with Crippen LogP contribution < -0.4 is 0 Å². The lowest BCUT2D eigenvalue weighted by Crippen LogP contribution is -2.53. The third-order valence-corrected chi connectivity index (χ3v) is 3.30. The van der Waals surface area contributed by atoms with E-state index in [1.807, 2.05) is 0 Å². The zero-order valence-electron chi connectivity index (χ0n) is 12.3. The molecule has 4 nitrogen and oxygen atoms in total. The van der Waals surface area contributed by atoms with Crippen LogP contribution in [0.4, 0.5) is 13.6 Å². The van der Waals surface area contributed by atoms with Gasteiger partial charge in [0.25, 0.3) is 0 Å². The number of aliphatic hydroxyl groups is 1. The number of hydrogen-bond acceptors (Lipinski definition) is 3. The molecule has 0 aliphatic carbocycles. The summed E-state index contributed by atoms with van der Waals surface area (Å²) in [7, 11) is 0. The van der Waals surface area contributed by atoms with Crippen molar-refractivity contribution in [1.29, 1.82) is 0 Å². The first kappa shape index (κ1) is 15.7. The molecule has 0 radical (unpaired) electrons. The molecule has 1 unspecified atom stereocenters. The number of carbonyl (C=O) groups is 1. The summed E-state index contributed by atoms with van der Waals surface area (Å²) in [4.78, 5) is 13.2. The Kier molecular flexibility index (Phi) is 4.18. The predicted octanol–water partition coefficient (Wildman–Crippen LogP) is 2.87. The van der Waals surface area contributed by atoms with E-state index in [-0.39, 0.29) is 18.7 Å². The summed E-state index contributed by atoms with van der Waals surface area (Å²) < 4.78 is 32.4. The molecule has 0 saturated carbocycles. The van der Waals surface area contributed by atoms with E-state index in [0.29, 0.717) is 0 Å². The van der Waals surface area contributed by atoms with Gasteiger partial charge < -0.3 is 14.7 Å². The molecule has 0 bridgehead atoms. The van der Waals surface area contributed by atoms with Crippen LogP contribution >= 0.6 is 0 Å². The van der Waals surface area contributed by atoms with Gasteiger partial charge in [0.1, 0.15) is 17.2 Å². The van der Waals surface area contributed by atoms with E-state index in [1.165, 1.54) is 11.0 Å². The van der Waals surface area contributed by atoms with Gasteiger partial charge in [0.15, 0.2) is 0 Å². The fourth-order valence-corrected chi connectivity index (χ4v) is 2.22. The summed E-state index contributed by atoms with van der Waals surface area (Å²) >= 11 is 0. The minimum atomic E-state index is -1.27. The minimum Gasteiger partial charge on any atom is -0.444 e. The Labute approximate surface area is 122 Å². The highest BCUT2D eigenvalue weighted by Crippen LogP contribution is 2.33. The van der Waals surface area contributed by atoms with Crippen molar-refractivity contribution in [3.05, 3.63) is 35.4 Å². The first-order chi connectivity index (χ1) is 9.69. The number of carbonyl (C=O) groups excluding carboxylic acids is 1. The van der Waals surface area contributed by atoms with E-state index >= 15 is 0 Å². The van der Waals surface area contributed by atoms with Crippen LogP contribution in [0.25, 0.3) is 0 Å². The van der Waals surface area contributed by atoms with Gasteiger partial charge in [-0.15, -0.1) is 0 Å². The Balaban J connectivity index is 1.97. The number of rotatable bonds is 2. The molecule has 1 amide bonds. The van der Waals surface area contributed by atoms with Gasteiger partial charge in [-0.3, -0.25) is 0 Å². The van der Waals surface area contributed by atoms with Crippen LogP contribution in [0.2, 0.25) is 0 Å². The smallest absolute Gasteiger partial charge is 0.410 e. The highest BCUT2D eigenvalue weighted by Gasteiger charge is 2.39. The lowest BCUT2D eigenvalue weighted by Gasteiger charge is -2.42. The number of benzene rings is 1. The third kappa shape index (κ3) is 3.50. The molecule has 1 fully saturated rings. The molecule has 1 heterocycles. The standard InChI is InChI=1S/C15H19F2NO3/c1-15(2,3)21-14(20)18-7-9(8-18)13(19)12-10(16)5-4-6-11(12)17/h4-6,9,13,19H,7-8H2,1-3H3. The minimum absolute atomic E-state index is 0.212. The molecule has 1 aliphatic heterocycles. The quantitative estimate of drug-likeness (QED) is 0.913. The van der Waals surface area contributed by atoms with Gasteiger partial charge in [0, 0.05) is 19.0 Å². The van der Waals surface area contributed by atoms with Gasteiger partial charge in [-0.05, 0) is 32.9 Å². The second kappa shape index (κ2) is 5.60. The van der Waals surface area contributed by atoms with Crippen molar-refractivity contribution in [3.8, 4) is 0 Å². The van der Waals surface area contributed by atoms with Crippen LogP contribution in [0.5, 0.6) is 0 Å². The van der Waals surface area contributed by atoms with Gasteiger partial charge in [-0.25, -0.2) is 13.6 Å². The van der Waals surface area contributed by atoms with Gasteiger partial charge in [0.2, 0.25) is 0 Å². The van der Waals surface area contributed by atoms with Crippen LogP contribution in [0.1, 0.15) is 32.4 Å². The maximum atomic E-state index is 13.6. The highest BCUT2D eigenvalue weighted by molar-refractivity contribution is 5.69. The van der Waals surface area contributed by atoms with Crippen molar-refractivity contribution >= 4 is 6.09 Å². The van der Waals surface area contributed by atoms with Crippen LogP contribution in [0, 0.1) is 17.6 Å². The zero-order valence-corrected chi connectivity index (χ0v) is 12.3. The number of amides is 1. The second-order valence-corrected chi connectivity index (χ2v) is 6.23. The SMILES string of the molecule is CC(C)(C)OC(=O)N1CC(C(O)c2c(F)cccc2F)C1. The molecule has 1 N–H and O–H groups in total. The lowest BCUT2D eigenvalue weighted by molar-refractivity contribution is -0.0329. The fraction of sp³-hybridized carbons (Fsp3) is 0.533. The number of halogens is 2. The van der Waals surface area contributed by atoms with E-state index in [4.69, 9.17) is 4.74 Å². The molecule has 21 heavy (non-hydrogen) atoms. The topological polar surface area (TPSA) is 49.8 Å². The maximum absolute atomic E-state index is 13.6. The molecular weight excluding hydrogens is 280 g/mol. The summed E-state index contributed by atoms with van der Waals surface area (Å²) in [6.07, 6.45) is -1.76. The Hall–Kier alpha value is -1.69. The second-order valence-electron chi connectivity index (χ2n) is 6.23. The van der Waals surface area contributed by atoms with Crippen LogP contribution in [0.3, 0.4) is 0 Å². The molecule has 1 aromatic carbocycles. The van der Waals surface area contributed by atoms with Crippen molar-refractivity contribution in [3.63, 3.8) is 0 Å². The third-order valence-electron chi connectivity index (χ3n) is 3.30. The monoisotopic (exact) mass is 299 g/mol. The lowest BCUT2D eigenvalue weighted by atomic mass is 9.89. The molecule has 1 aromatic rings. The van der Waals surface area contributed by atoms with Gasteiger partial charge in [-0.1, -0.05) is 6.07 Å². The van der Waals surface area contributed by atoms with E-state index < -0.39 is 35.4 Å². The van der Waals surface area contributed by atoms with Gasteiger partial charge in [-0.2, -0.15) is 0 Å². The summed E-state index contributed by atoms with van der Waals surface area (Å²) in [6.45, 7) is 5.69. The van der Waals surface area contributed by atoms with Crippen LogP contribution in [-0.4, -0.2) is 34.8 Å². The van der Waals surface area contributed by atoms with E-state index in [0.717, 1.165) is 12.1 Å². The summed E-state index contributed by atoms with van der Waals surface area (Å²) in [5.74, 6) is -1.96. The normalized spacial score (nSPS) is 17.3. The molecule has 116 valence electrons. The average molecular weight is 299 g/mol. The number of nitrogens with zero attached hydrogens (tertiary/aromatic N) is 1. The van der Waals surface area contributed by atoms with E-state index in [1.54, 1.807) is 20.8 Å². The average Bonchev–Trinajstić information content (AvgIpc) is 2.23. The molecule has 0 aromatic heterocycles. The first-order valence-electron chi connectivity index (χ1n) is 6.79. The van der Waals surface area contributed by atoms with Gasteiger partial charge >= 0.3 is 6.09 Å². The number of ether oxygens (including phenoxy) is 1. The number of aliphatic hydroxyl groups excluding tert-OH is 1. The molecule has 2 rings (SSSR count). The van der Waals surface area contributed by atoms with Crippen molar-refractivity contribution in [2.24, 2.45) is 5.92 Å². The molecule has 1 saturated heterocycles. The summed E-state index contributed by atoms with van der Waals surface area (Å²) in [5.41, 5.74) is -0.940. The molecule has 1 atom stereocenters. The fourth-order valence-electron chi connectivity index (χ4n) is 2.22. The molecule has 0 spiro atoms. The number of likely N-dealkylation sites (tertiary alicyclic amines) is 1. The Morgan fingerprint density at radius 2 is 1.86 bits per heavy atom. The van der Waals surface area contributed by atoms with Crippen molar-refractivity contribution in [2.45, 2.75) is 32.5 Å². The Morgan fingerprint density at radius 3 is 2.33 bits per heavy atom. The number of hydrogen-bond donors (Lipinski definition) is 1. The first-order valence-corrected chi connectivity index (χ1v) is 6.79. The summed E-state index contributed by atoms with van der Waals surface area (Å²) in [6, 6.07) is 3.45. The molecule has 6 heteroatoms. The van der Waals surface area contributed by atoms with E-state index in [2.05, 4.69) is 0 Å². The molecule has 1 aliphatic rings. The molecular formula is C15H19F2NO3.